The smallest absolute Gasteiger partial charge is 0.387 e. The molecule has 2 aromatic rings. The molecule has 0 N–H and O–H groups in total. The van der Waals surface area contributed by atoms with Gasteiger partial charge in [0.05, 0.1) is 7.11 Å². The highest BCUT2D eigenvalue weighted by Crippen LogP contribution is 2.30. The summed E-state index contributed by atoms with van der Waals surface area (Å²) in [6, 6.07) is 10.5. The van der Waals surface area contributed by atoms with Crippen molar-refractivity contribution in [3.63, 3.8) is 0 Å². The number of rotatable bonds is 7. The SMILES string of the molecule is COc1ccc(Br)cc1S(=O)(=O)N(C)Cc1ccc(OC(F)F)cc1. The Morgan fingerprint density at radius 3 is 2.36 bits per heavy atom. The summed E-state index contributed by atoms with van der Waals surface area (Å²) in [4.78, 5) is 0.0320. The van der Waals surface area contributed by atoms with E-state index in [2.05, 4.69) is 20.7 Å². The van der Waals surface area contributed by atoms with Gasteiger partial charge in [-0.3, -0.25) is 0 Å². The molecule has 0 bridgehead atoms. The average molecular weight is 436 g/mol. The van der Waals surface area contributed by atoms with Crippen LogP contribution in [0, 0.1) is 0 Å². The third kappa shape index (κ3) is 4.90. The molecule has 0 amide bonds. The van der Waals surface area contributed by atoms with Crippen LogP contribution in [0.15, 0.2) is 51.8 Å². The first-order valence-corrected chi connectivity index (χ1v) is 9.31. The van der Waals surface area contributed by atoms with Gasteiger partial charge in [-0.25, -0.2) is 8.42 Å². The number of halogens is 3. The molecular weight excluding hydrogens is 420 g/mol. The largest absolute Gasteiger partial charge is 0.495 e. The van der Waals surface area contributed by atoms with Crippen molar-refractivity contribution in [1.29, 1.82) is 0 Å². The highest BCUT2D eigenvalue weighted by atomic mass is 79.9. The molecular formula is C16H16BrF2NO4S. The van der Waals surface area contributed by atoms with Gasteiger partial charge in [-0.2, -0.15) is 13.1 Å². The molecule has 0 aliphatic carbocycles. The zero-order valence-electron chi connectivity index (χ0n) is 13.4. The molecule has 2 rings (SSSR count). The molecule has 0 fully saturated rings. The van der Waals surface area contributed by atoms with Crippen molar-refractivity contribution in [2.24, 2.45) is 0 Å². The lowest BCUT2D eigenvalue weighted by Gasteiger charge is -2.19. The molecule has 9 heteroatoms. The van der Waals surface area contributed by atoms with Gasteiger partial charge in [0, 0.05) is 18.1 Å². The number of hydrogen-bond acceptors (Lipinski definition) is 4. The van der Waals surface area contributed by atoms with Crippen LogP contribution in [-0.4, -0.2) is 33.5 Å². The van der Waals surface area contributed by atoms with E-state index in [0.717, 1.165) is 4.31 Å². The van der Waals surface area contributed by atoms with Crippen LogP contribution in [0.1, 0.15) is 5.56 Å². The third-order valence-electron chi connectivity index (χ3n) is 3.37. The van der Waals surface area contributed by atoms with Gasteiger partial charge in [0.15, 0.2) is 0 Å². The van der Waals surface area contributed by atoms with Gasteiger partial charge in [-0.05, 0) is 35.9 Å². The Morgan fingerprint density at radius 2 is 1.80 bits per heavy atom. The highest BCUT2D eigenvalue weighted by Gasteiger charge is 2.25. The number of benzene rings is 2. The number of sulfonamides is 1. The van der Waals surface area contributed by atoms with Crippen LogP contribution in [0.2, 0.25) is 0 Å². The molecule has 2 aromatic carbocycles. The lowest BCUT2D eigenvalue weighted by molar-refractivity contribution is -0.0498. The van der Waals surface area contributed by atoms with Crippen LogP contribution in [-0.2, 0) is 16.6 Å². The average Bonchev–Trinajstić information content (AvgIpc) is 2.56. The summed E-state index contributed by atoms with van der Waals surface area (Å²) in [5.41, 5.74) is 0.627. The number of nitrogens with zero attached hydrogens (tertiary/aromatic N) is 1. The second kappa shape index (κ2) is 8.11. The van der Waals surface area contributed by atoms with Gasteiger partial charge >= 0.3 is 6.61 Å². The standard InChI is InChI=1S/C16H16BrF2NO4S/c1-20(10-11-3-6-13(7-4-11)24-16(18)19)25(21,22)15-9-12(17)5-8-14(15)23-2/h3-9,16H,10H2,1-2H3. The first-order chi connectivity index (χ1) is 11.7. The summed E-state index contributed by atoms with van der Waals surface area (Å²) in [7, 11) is -0.982. The predicted octanol–water partition coefficient (Wildman–Crippen LogP) is 3.88. The molecule has 0 spiro atoms. The Balaban J connectivity index is 2.22. The Labute approximate surface area is 153 Å². The van der Waals surface area contributed by atoms with Crippen molar-refractivity contribution in [2.75, 3.05) is 14.2 Å². The van der Waals surface area contributed by atoms with Gasteiger partial charge in [0.25, 0.3) is 0 Å². The first kappa shape index (κ1) is 19.6. The molecule has 0 heterocycles. The molecule has 25 heavy (non-hydrogen) atoms. The van der Waals surface area contributed by atoms with E-state index in [1.54, 1.807) is 12.1 Å². The molecule has 136 valence electrons. The normalized spacial score (nSPS) is 11.8. The summed E-state index contributed by atoms with van der Waals surface area (Å²) < 4.78 is 61.0. The predicted molar refractivity (Wildman–Crippen MR) is 92.4 cm³/mol. The van der Waals surface area contributed by atoms with Gasteiger partial charge in [0.1, 0.15) is 16.4 Å². The number of ether oxygens (including phenoxy) is 2. The van der Waals surface area contributed by atoms with E-state index in [-0.39, 0.29) is 22.9 Å². The van der Waals surface area contributed by atoms with Crippen LogP contribution in [0.3, 0.4) is 0 Å². The first-order valence-electron chi connectivity index (χ1n) is 7.07. The lowest BCUT2D eigenvalue weighted by atomic mass is 10.2. The molecule has 0 saturated heterocycles. The Morgan fingerprint density at radius 1 is 1.16 bits per heavy atom. The summed E-state index contributed by atoms with van der Waals surface area (Å²) in [6.07, 6.45) is 0. The van der Waals surface area contributed by atoms with E-state index in [1.807, 2.05) is 0 Å². The van der Waals surface area contributed by atoms with E-state index in [9.17, 15) is 17.2 Å². The second-order valence-electron chi connectivity index (χ2n) is 5.08. The second-order valence-corrected chi connectivity index (χ2v) is 8.01. The van der Waals surface area contributed by atoms with Gasteiger partial charge in [0.2, 0.25) is 10.0 Å². The molecule has 0 radical (unpaired) electrons. The summed E-state index contributed by atoms with van der Waals surface area (Å²) in [5.74, 6) is 0.244. The number of methoxy groups -OCH3 is 1. The van der Waals surface area contributed by atoms with Crippen molar-refractivity contribution in [3.05, 3.63) is 52.5 Å². The molecule has 0 aliphatic heterocycles. The number of alkyl halides is 2. The van der Waals surface area contributed by atoms with E-state index >= 15 is 0 Å². The van der Waals surface area contributed by atoms with Crippen LogP contribution in [0.5, 0.6) is 11.5 Å². The minimum Gasteiger partial charge on any atom is -0.495 e. The highest BCUT2D eigenvalue weighted by molar-refractivity contribution is 9.10. The summed E-state index contributed by atoms with van der Waals surface area (Å²) >= 11 is 3.25. The fourth-order valence-corrected chi connectivity index (χ4v) is 3.99. The van der Waals surface area contributed by atoms with Crippen molar-refractivity contribution in [1.82, 2.24) is 4.31 Å². The number of hydrogen-bond donors (Lipinski definition) is 0. The van der Waals surface area contributed by atoms with Crippen LogP contribution in [0.25, 0.3) is 0 Å². The molecule has 0 unspecified atom stereocenters. The molecule has 0 aliphatic rings. The topological polar surface area (TPSA) is 55.8 Å². The third-order valence-corrected chi connectivity index (χ3v) is 5.69. The molecule has 0 aromatic heterocycles. The quantitative estimate of drug-likeness (QED) is 0.661. The van der Waals surface area contributed by atoms with Gasteiger partial charge < -0.3 is 9.47 Å². The van der Waals surface area contributed by atoms with Crippen molar-refractivity contribution < 1.29 is 26.7 Å². The van der Waals surface area contributed by atoms with Gasteiger partial charge in [-0.1, -0.05) is 28.1 Å². The maximum Gasteiger partial charge on any atom is 0.387 e. The van der Waals surface area contributed by atoms with Crippen molar-refractivity contribution in [2.45, 2.75) is 18.1 Å². The van der Waals surface area contributed by atoms with Crippen LogP contribution < -0.4 is 9.47 Å². The summed E-state index contributed by atoms with van der Waals surface area (Å²) in [5, 5.41) is 0. The Bertz CT molecular complexity index is 829. The minimum absolute atomic E-state index is 0.0120. The maximum absolute atomic E-state index is 12.8. The zero-order chi connectivity index (χ0) is 18.6. The van der Waals surface area contributed by atoms with Gasteiger partial charge in [-0.15, -0.1) is 0 Å². The molecule has 0 saturated carbocycles. The van der Waals surface area contributed by atoms with Crippen molar-refractivity contribution >= 4 is 26.0 Å². The fourth-order valence-electron chi connectivity index (χ4n) is 2.14. The maximum atomic E-state index is 12.8. The van der Waals surface area contributed by atoms with Crippen LogP contribution in [0.4, 0.5) is 8.78 Å². The van der Waals surface area contributed by atoms with Crippen molar-refractivity contribution in [3.8, 4) is 11.5 Å². The summed E-state index contributed by atoms with van der Waals surface area (Å²) in [6.45, 7) is -2.84. The minimum atomic E-state index is -3.80. The van der Waals surface area contributed by atoms with Crippen LogP contribution >= 0.6 is 15.9 Å². The Hall–Kier alpha value is -1.71. The lowest BCUT2D eigenvalue weighted by Crippen LogP contribution is -2.27. The van der Waals surface area contributed by atoms with E-state index in [4.69, 9.17) is 4.74 Å². The molecule has 5 nitrogen and oxygen atoms in total. The van der Waals surface area contributed by atoms with E-state index in [0.29, 0.717) is 10.0 Å². The molecule has 0 atom stereocenters. The fraction of sp³-hybridized carbons (Fsp3) is 0.250. The Kier molecular flexibility index (Phi) is 6.36. The monoisotopic (exact) mass is 435 g/mol. The van der Waals surface area contributed by atoms with E-state index < -0.39 is 16.6 Å². The van der Waals surface area contributed by atoms with E-state index in [1.165, 1.54) is 44.5 Å². The zero-order valence-corrected chi connectivity index (χ0v) is 15.9.